The predicted molar refractivity (Wildman–Crippen MR) is 112 cm³/mol. The molecule has 8 nitrogen and oxygen atoms in total. The SMILES string of the molecule is CN=[S@@]1(=O)C[C@@](C)(c2cc(NC(=O)c3ccc(Cl)cn3)ccc2F)N=C(N)N1C. The second-order valence-corrected chi connectivity index (χ2v) is 9.54. The quantitative estimate of drug-likeness (QED) is 0.766. The van der Waals surface area contributed by atoms with Crippen LogP contribution in [0.4, 0.5) is 10.1 Å². The fourth-order valence-corrected chi connectivity index (χ4v) is 4.98. The number of guanidine groups is 1. The lowest BCUT2D eigenvalue weighted by atomic mass is 9.93. The van der Waals surface area contributed by atoms with Crippen LogP contribution in [0, 0.1) is 5.82 Å². The smallest absolute Gasteiger partial charge is 0.274 e. The highest BCUT2D eigenvalue weighted by Gasteiger charge is 2.40. The maximum Gasteiger partial charge on any atom is 0.274 e. The number of benzene rings is 1. The summed E-state index contributed by atoms with van der Waals surface area (Å²) in [6.07, 6.45) is 1.36. The third kappa shape index (κ3) is 4.03. The molecular weight excluding hydrogens is 419 g/mol. The number of nitrogens with one attached hydrogen (secondary N) is 1. The van der Waals surface area contributed by atoms with Gasteiger partial charge in [-0.15, -0.1) is 0 Å². The summed E-state index contributed by atoms with van der Waals surface area (Å²) in [6.45, 7) is 1.63. The van der Waals surface area contributed by atoms with Crippen LogP contribution < -0.4 is 11.1 Å². The molecule has 1 aromatic carbocycles. The Labute approximate surface area is 173 Å². The van der Waals surface area contributed by atoms with E-state index < -0.39 is 27.2 Å². The molecule has 0 bridgehead atoms. The third-order valence-corrected chi connectivity index (χ3v) is 7.41. The van der Waals surface area contributed by atoms with Crippen molar-refractivity contribution in [3.63, 3.8) is 0 Å². The zero-order valence-electron chi connectivity index (χ0n) is 16.0. The molecule has 1 aliphatic rings. The summed E-state index contributed by atoms with van der Waals surface area (Å²) in [6, 6.07) is 7.09. The first-order valence-corrected chi connectivity index (χ1v) is 10.5. The summed E-state index contributed by atoms with van der Waals surface area (Å²) in [7, 11) is 0.0628. The maximum absolute atomic E-state index is 14.7. The lowest BCUT2D eigenvalue weighted by Crippen LogP contribution is -2.50. The zero-order chi connectivity index (χ0) is 21.4. The zero-order valence-corrected chi connectivity index (χ0v) is 17.6. The topological polar surface area (TPSA) is 113 Å². The Morgan fingerprint density at radius 1 is 1.41 bits per heavy atom. The van der Waals surface area contributed by atoms with E-state index in [1.165, 1.54) is 48.9 Å². The van der Waals surface area contributed by atoms with Crippen LogP contribution in [0.1, 0.15) is 23.0 Å². The molecule has 0 radical (unpaired) electrons. The van der Waals surface area contributed by atoms with Crippen molar-refractivity contribution in [2.45, 2.75) is 12.5 Å². The Kier molecular flexibility index (Phi) is 5.50. The van der Waals surface area contributed by atoms with E-state index in [1.807, 2.05) is 0 Å². The van der Waals surface area contributed by atoms with Crippen LogP contribution in [0.2, 0.25) is 5.02 Å². The van der Waals surface area contributed by atoms with Gasteiger partial charge in [-0.05, 0) is 37.3 Å². The van der Waals surface area contributed by atoms with Crippen LogP contribution in [-0.2, 0) is 15.5 Å². The van der Waals surface area contributed by atoms with Gasteiger partial charge < -0.3 is 11.1 Å². The van der Waals surface area contributed by atoms with Gasteiger partial charge in [-0.25, -0.2) is 22.9 Å². The molecule has 2 aromatic rings. The van der Waals surface area contributed by atoms with Crippen molar-refractivity contribution in [2.75, 3.05) is 25.2 Å². The van der Waals surface area contributed by atoms with Crippen molar-refractivity contribution in [1.29, 1.82) is 0 Å². The van der Waals surface area contributed by atoms with Gasteiger partial charge in [-0.1, -0.05) is 11.6 Å². The van der Waals surface area contributed by atoms with Crippen molar-refractivity contribution in [3.8, 4) is 0 Å². The number of carbonyl (C=O) groups excluding carboxylic acids is 1. The van der Waals surface area contributed by atoms with Gasteiger partial charge in [0.15, 0.2) is 0 Å². The number of carbonyl (C=O) groups is 1. The van der Waals surface area contributed by atoms with Crippen LogP contribution in [-0.4, -0.2) is 45.2 Å². The van der Waals surface area contributed by atoms with Crippen LogP contribution >= 0.6 is 11.6 Å². The average molecular weight is 439 g/mol. The Morgan fingerprint density at radius 3 is 2.76 bits per heavy atom. The molecule has 2 atom stereocenters. The van der Waals surface area contributed by atoms with E-state index in [2.05, 4.69) is 19.7 Å². The van der Waals surface area contributed by atoms with E-state index in [9.17, 15) is 13.4 Å². The first-order chi connectivity index (χ1) is 13.6. The Bertz CT molecular complexity index is 1110. The van der Waals surface area contributed by atoms with E-state index in [-0.39, 0.29) is 23.0 Å². The minimum absolute atomic E-state index is 0.00597. The molecule has 0 aliphatic carbocycles. The molecule has 0 spiro atoms. The van der Waals surface area contributed by atoms with Crippen molar-refractivity contribution in [2.24, 2.45) is 15.1 Å². The number of aliphatic imine (C=N–C) groups is 1. The molecular formula is C18H20ClFN6O2S. The van der Waals surface area contributed by atoms with Crippen LogP contribution in [0.15, 0.2) is 45.9 Å². The van der Waals surface area contributed by atoms with Crippen LogP contribution in [0.3, 0.4) is 0 Å². The number of halogens is 2. The molecule has 1 aromatic heterocycles. The van der Waals surface area contributed by atoms with Crippen LogP contribution in [0.25, 0.3) is 0 Å². The highest BCUT2D eigenvalue weighted by molar-refractivity contribution is 7.92. The van der Waals surface area contributed by atoms with Gasteiger partial charge in [0, 0.05) is 31.5 Å². The summed E-state index contributed by atoms with van der Waals surface area (Å²) in [5, 5.41) is 3.06. The third-order valence-electron chi connectivity index (χ3n) is 4.63. The van der Waals surface area contributed by atoms with E-state index in [0.29, 0.717) is 10.7 Å². The van der Waals surface area contributed by atoms with Gasteiger partial charge in [0.05, 0.1) is 10.8 Å². The number of rotatable bonds is 3. The normalized spacial score (nSPS) is 24.0. The minimum atomic E-state index is -2.89. The number of pyridine rings is 1. The summed E-state index contributed by atoms with van der Waals surface area (Å²) in [5.41, 5.74) is 5.33. The number of hydrogen-bond acceptors (Lipinski definition) is 6. The summed E-state index contributed by atoms with van der Waals surface area (Å²) in [5.74, 6) is -1.11. The molecule has 29 heavy (non-hydrogen) atoms. The van der Waals surface area contributed by atoms with Gasteiger partial charge in [-0.2, -0.15) is 0 Å². The summed E-state index contributed by atoms with van der Waals surface area (Å²) in [4.78, 5) is 20.7. The van der Waals surface area contributed by atoms with E-state index >= 15 is 0 Å². The summed E-state index contributed by atoms with van der Waals surface area (Å²) < 4.78 is 33.0. The van der Waals surface area contributed by atoms with Gasteiger partial charge in [-0.3, -0.25) is 9.10 Å². The van der Waals surface area contributed by atoms with Gasteiger partial charge in [0.2, 0.25) is 5.96 Å². The molecule has 0 unspecified atom stereocenters. The molecule has 1 aliphatic heterocycles. The molecule has 2 heterocycles. The fraction of sp³-hybridized carbons (Fsp3) is 0.278. The lowest BCUT2D eigenvalue weighted by molar-refractivity contribution is 0.102. The highest BCUT2D eigenvalue weighted by Crippen LogP contribution is 2.35. The number of anilines is 1. The first kappa shape index (κ1) is 21.0. The van der Waals surface area contributed by atoms with Crippen LogP contribution in [0.5, 0.6) is 0 Å². The maximum atomic E-state index is 14.7. The van der Waals surface area contributed by atoms with Gasteiger partial charge >= 0.3 is 0 Å². The van der Waals surface area contributed by atoms with Gasteiger partial charge in [0.1, 0.15) is 27.0 Å². The highest BCUT2D eigenvalue weighted by atomic mass is 35.5. The van der Waals surface area contributed by atoms with E-state index in [4.69, 9.17) is 17.3 Å². The van der Waals surface area contributed by atoms with Crippen molar-refractivity contribution in [1.82, 2.24) is 9.29 Å². The number of nitrogens with two attached hydrogens (primary N) is 1. The van der Waals surface area contributed by atoms with Gasteiger partial charge in [0.25, 0.3) is 5.91 Å². The molecule has 0 saturated heterocycles. The minimum Gasteiger partial charge on any atom is -0.369 e. The Balaban J connectivity index is 1.98. The van der Waals surface area contributed by atoms with Crippen molar-refractivity contribution in [3.05, 3.63) is 58.6 Å². The second-order valence-electron chi connectivity index (χ2n) is 6.69. The van der Waals surface area contributed by atoms with E-state index in [0.717, 1.165) is 0 Å². The lowest BCUT2D eigenvalue weighted by Gasteiger charge is -2.37. The van der Waals surface area contributed by atoms with Crippen molar-refractivity contribution >= 4 is 39.1 Å². The number of amides is 1. The molecule has 154 valence electrons. The predicted octanol–water partition coefficient (Wildman–Crippen LogP) is 2.61. The molecule has 0 saturated carbocycles. The second kappa shape index (κ2) is 7.60. The molecule has 1 amide bonds. The Morgan fingerprint density at radius 2 is 2.14 bits per heavy atom. The standard InChI is InChI=1S/C18H20ClFN6O2S/c1-18(10-29(28,22-2)26(3)17(21)25-18)13-8-12(5-6-14(13)20)24-16(27)15-7-4-11(19)9-23-15/h4-9H,10H2,1-3H3,(H2,21,25)(H,24,27)/t18-,29-/m0/s1. The molecule has 11 heteroatoms. The number of aromatic nitrogens is 1. The average Bonchev–Trinajstić information content (AvgIpc) is 2.68. The van der Waals surface area contributed by atoms with Crippen molar-refractivity contribution < 1.29 is 13.4 Å². The number of nitrogens with zero attached hydrogens (tertiary/aromatic N) is 4. The molecule has 0 fully saturated rings. The fourth-order valence-electron chi connectivity index (χ4n) is 3.01. The largest absolute Gasteiger partial charge is 0.369 e. The first-order valence-electron chi connectivity index (χ1n) is 8.53. The number of hydrogen-bond donors (Lipinski definition) is 2. The van der Waals surface area contributed by atoms with E-state index in [1.54, 1.807) is 13.0 Å². The summed E-state index contributed by atoms with van der Waals surface area (Å²) >= 11 is 5.78. The monoisotopic (exact) mass is 438 g/mol. The molecule has 3 rings (SSSR count). The Hall–Kier alpha value is -2.72. The molecule has 3 N–H and O–H groups in total.